The Kier molecular flexibility index (Phi) is 2.93. The number of hydrogen-bond acceptors (Lipinski definition) is 4. The van der Waals surface area contributed by atoms with E-state index >= 15 is 0 Å². The molecule has 4 heteroatoms. The molecule has 0 aromatic carbocycles. The first kappa shape index (κ1) is 12.2. The van der Waals surface area contributed by atoms with Crippen LogP contribution in [0.5, 0.6) is 0 Å². The first-order valence-corrected chi connectivity index (χ1v) is 7.12. The molecule has 2 saturated carbocycles. The normalized spacial score (nSPS) is 31.2. The van der Waals surface area contributed by atoms with Crippen molar-refractivity contribution in [3.05, 3.63) is 11.8 Å². The van der Waals surface area contributed by atoms with Crippen LogP contribution in [0.1, 0.15) is 64.2 Å². The number of rotatable bonds is 3. The van der Waals surface area contributed by atoms with Crippen LogP contribution in [0, 0.1) is 11.8 Å². The monoisotopic (exact) mass is 249 g/mol. The predicted molar refractivity (Wildman–Crippen MR) is 69.1 cm³/mol. The van der Waals surface area contributed by atoms with E-state index in [0.717, 1.165) is 23.6 Å². The first-order chi connectivity index (χ1) is 8.54. The Morgan fingerprint density at radius 1 is 1.17 bits per heavy atom. The van der Waals surface area contributed by atoms with Crippen molar-refractivity contribution >= 4 is 0 Å². The van der Waals surface area contributed by atoms with E-state index in [0.29, 0.717) is 12.5 Å². The maximum atomic E-state index is 5.81. The molecule has 18 heavy (non-hydrogen) atoms. The fourth-order valence-corrected chi connectivity index (χ4v) is 3.17. The number of hydrogen-bond donors (Lipinski definition) is 1. The zero-order chi connectivity index (χ0) is 12.8. The lowest BCUT2D eigenvalue weighted by molar-refractivity contribution is 0.369. The van der Waals surface area contributed by atoms with Gasteiger partial charge in [0.2, 0.25) is 11.8 Å². The van der Waals surface area contributed by atoms with E-state index < -0.39 is 0 Å². The third-order valence-corrected chi connectivity index (χ3v) is 4.19. The van der Waals surface area contributed by atoms with Gasteiger partial charge in [0.25, 0.3) is 0 Å². The molecular formula is C14H23N3O. The lowest BCUT2D eigenvalue weighted by Crippen LogP contribution is -2.35. The Morgan fingerprint density at radius 2 is 1.83 bits per heavy atom. The highest BCUT2D eigenvalue weighted by Crippen LogP contribution is 2.60. The number of aromatic nitrogens is 2. The van der Waals surface area contributed by atoms with Gasteiger partial charge in [0.05, 0.1) is 6.54 Å². The van der Waals surface area contributed by atoms with Crippen LogP contribution in [0.3, 0.4) is 0 Å². The second-order valence-corrected chi connectivity index (χ2v) is 6.78. The van der Waals surface area contributed by atoms with Crippen LogP contribution in [0.4, 0.5) is 0 Å². The summed E-state index contributed by atoms with van der Waals surface area (Å²) in [5, 5.41) is 11.8. The van der Waals surface area contributed by atoms with Gasteiger partial charge in [-0.25, -0.2) is 0 Å². The largest absolute Gasteiger partial charge is 0.424 e. The minimum atomic E-state index is 0.0855. The van der Waals surface area contributed by atoms with E-state index in [1.54, 1.807) is 0 Å². The highest BCUT2D eigenvalue weighted by molar-refractivity contribution is 5.14. The molecule has 4 nitrogen and oxygen atoms in total. The average molecular weight is 249 g/mol. The Labute approximate surface area is 109 Å². The molecule has 0 spiro atoms. The van der Waals surface area contributed by atoms with Crippen molar-refractivity contribution in [1.29, 1.82) is 0 Å². The Hall–Kier alpha value is -0.900. The first-order valence-electron chi connectivity index (χ1n) is 7.12. The van der Waals surface area contributed by atoms with Crippen LogP contribution in [0.25, 0.3) is 0 Å². The molecule has 0 bridgehead atoms. The summed E-state index contributed by atoms with van der Waals surface area (Å²) in [6.07, 6.45) is 5.47. The van der Waals surface area contributed by atoms with Crippen molar-refractivity contribution in [1.82, 2.24) is 15.5 Å². The number of fused-ring (bicyclic) bond motifs is 1. The van der Waals surface area contributed by atoms with Crippen molar-refractivity contribution in [3.63, 3.8) is 0 Å². The fourth-order valence-electron chi connectivity index (χ4n) is 3.17. The molecular weight excluding hydrogens is 226 g/mol. The topological polar surface area (TPSA) is 51.0 Å². The van der Waals surface area contributed by atoms with E-state index in [1.807, 2.05) is 0 Å². The van der Waals surface area contributed by atoms with Gasteiger partial charge in [-0.05, 0) is 45.4 Å². The highest BCUT2D eigenvalue weighted by atomic mass is 16.4. The van der Waals surface area contributed by atoms with E-state index in [-0.39, 0.29) is 5.54 Å². The van der Waals surface area contributed by atoms with E-state index in [9.17, 15) is 0 Å². The van der Waals surface area contributed by atoms with E-state index in [1.165, 1.54) is 25.7 Å². The van der Waals surface area contributed by atoms with Gasteiger partial charge >= 0.3 is 0 Å². The summed E-state index contributed by atoms with van der Waals surface area (Å²) in [5.74, 6) is 3.86. The quantitative estimate of drug-likeness (QED) is 0.895. The van der Waals surface area contributed by atoms with Crippen LogP contribution >= 0.6 is 0 Å². The molecule has 0 amide bonds. The van der Waals surface area contributed by atoms with Crippen molar-refractivity contribution in [3.8, 4) is 0 Å². The molecule has 1 N–H and O–H groups in total. The van der Waals surface area contributed by atoms with Crippen LogP contribution < -0.4 is 5.32 Å². The fraction of sp³-hybridized carbons (Fsp3) is 0.857. The molecule has 2 atom stereocenters. The number of nitrogens with zero attached hydrogens (tertiary/aromatic N) is 2. The molecule has 0 saturated heterocycles. The molecule has 1 heterocycles. The molecule has 3 rings (SSSR count). The van der Waals surface area contributed by atoms with Crippen molar-refractivity contribution in [2.45, 2.75) is 64.5 Å². The van der Waals surface area contributed by atoms with Gasteiger partial charge < -0.3 is 9.73 Å². The second kappa shape index (κ2) is 4.34. The van der Waals surface area contributed by atoms with Gasteiger partial charge in [-0.1, -0.05) is 12.8 Å². The maximum absolute atomic E-state index is 5.81. The van der Waals surface area contributed by atoms with Gasteiger partial charge in [-0.3, -0.25) is 0 Å². The third-order valence-electron chi connectivity index (χ3n) is 4.19. The van der Waals surface area contributed by atoms with E-state index in [2.05, 4.69) is 36.3 Å². The van der Waals surface area contributed by atoms with Crippen LogP contribution in [-0.4, -0.2) is 15.7 Å². The Bertz CT molecular complexity index is 409. The third kappa shape index (κ3) is 2.44. The van der Waals surface area contributed by atoms with Gasteiger partial charge in [0.1, 0.15) is 0 Å². The molecule has 2 aliphatic carbocycles. The number of nitrogens with one attached hydrogen (secondary N) is 1. The second-order valence-electron chi connectivity index (χ2n) is 6.78. The molecule has 100 valence electrons. The lowest BCUT2D eigenvalue weighted by Gasteiger charge is -2.18. The van der Waals surface area contributed by atoms with Crippen LogP contribution in [-0.2, 0) is 6.54 Å². The van der Waals surface area contributed by atoms with Crippen molar-refractivity contribution < 1.29 is 4.42 Å². The summed E-state index contributed by atoms with van der Waals surface area (Å²) < 4.78 is 5.81. The Morgan fingerprint density at radius 3 is 2.44 bits per heavy atom. The molecule has 2 fully saturated rings. The van der Waals surface area contributed by atoms with Crippen molar-refractivity contribution in [2.75, 3.05) is 0 Å². The summed E-state index contributed by atoms with van der Waals surface area (Å²) in [6.45, 7) is 7.08. The minimum absolute atomic E-state index is 0.0855. The summed E-state index contributed by atoms with van der Waals surface area (Å²) >= 11 is 0. The summed E-state index contributed by atoms with van der Waals surface area (Å²) in [7, 11) is 0. The molecule has 0 aliphatic heterocycles. The molecule has 1 aromatic rings. The zero-order valence-electron chi connectivity index (χ0n) is 11.6. The summed E-state index contributed by atoms with van der Waals surface area (Å²) in [4.78, 5) is 0. The van der Waals surface area contributed by atoms with E-state index in [4.69, 9.17) is 4.42 Å². The SMILES string of the molecule is CC(C)(C)NCc1nnc(C2C3CCCCC32)o1. The maximum Gasteiger partial charge on any atom is 0.230 e. The summed E-state index contributed by atoms with van der Waals surface area (Å²) in [6, 6.07) is 0. The standard InChI is InChI=1S/C14H23N3O/c1-14(2,3)15-8-11-16-17-13(18-11)12-9-6-4-5-7-10(9)12/h9-10,12,15H,4-8H2,1-3H3. The molecule has 2 aliphatic rings. The average Bonchev–Trinajstić information content (AvgIpc) is 2.86. The molecule has 0 radical (unpaired) electrons. The van der Waals surface area contributed by atoms with Gasteiger partial charge in [0, 0.05) is 11.5 Å². The molecule has 2 unspecified atom stereocenters. The minimum Gasteiger partial charge on any atom is -0.424 e. The lowest BCUT2D eigenvalue weighted by atomic mass is 10.0. The van der Waals surface area contributed by atoms with Crippen LogP contribution in [0.2, 0.25) is 0 Å². The van der Waals surface area contributed by atoms with Gasteiger partial charge in [-0.2, -0.15) is 0 Å². The van der Waals surface area contributed by atoms with Crippen molar-refractivity contribution in [2.24, 2.45) is 11.8 Å². The smallest absolute Gasteiger partial charge is 0.230 e. The summed E-state index contributed by atoms with van der Waals surface area (Å²) in [5.41, 5.74) is 0.0855. The predicted octanol–water partition coefficient (Wildman–Crippen LogP) is 2.86. The van der Waals surface area contributed by atoms with Gasteiger partial charge in [0.15, 0.2) is 0 Å². The highest BCUT2D eigenvalue weighted by Gasteiger charge is 2.54. The van der Waals surface area contributed by atoms with Crippen LogP contribution in [0.15, 0.2) is 4.42 Å². The zero-order valence-corrected chi connectivity index (χ0v) is 11.6. The van der Waals surface area contributed by atoms with Gasteiger partial charge in [-0.15, -0.1) is 10.2 Å². The Balaban J connectivity index is 1.60. The molecule has 1 aromatic heterocycles.